The minimum Gasteiger partial charge on any atom is -0.314 e. The van der Waals surface area contributed by atoms with E-state index in [9.17, 15) is 0 Å². The van der Waals surface area contributed by atoms with E-state index in [2.05, 4.69) is 18.3 Å². The molecule has 0 aliphatic heterocycles. The minimum atomic E-state index is 0.643. The van der Waals surface area contributed by atoms with Crippen LogP contribution in [0.25, 0.3) is 0 Å². The van der Waals surface area contributed by atoms with Gasteiger partial charge < -0.3 is 5.32 Å². The first-order valence-corrected chi connectivity index (χ1v) is 8.13. The number of benzene rings is 1. The fourth-order valence-electron chi connectivity index (χ4n) is 3.14. The van der Waals surface area contributed by atoms with Crippen LogP contribution in [0.4, 0.5) is 0 Å². The van der Waals surface area contributed by atoms with Crippen LogP contribution in [-0.4, -0.2) is 12.6 Å². The summed E-state index contributed by atoms with van der Waals surface area (Å²) in [6.45, 7) is 3.25. The molecule has 1 fully saturated rings. The number of aryl methyl sites for hydroxylation is 1. The van der Waals surface area contributed by atoms with Crippen molar-refractivity contribution in [3.05, 3.63) is 33.8 Å². The van der Waals surface area contributed by atoms with Crippen molar-refractivity contribution in [2.75, 3.05) is 6.54 Å². The smallest absolute Gasteiger partial charge is 0.0595 e. The van der Waals surface area contributed by atoms with E-state index in [0.29, 0.717) is 16.1 Å². The third-order valence-corrected chi connectivity index (χ3v) is 4.90. The van der Waals surface area contributed by atoms with Gasteiger partial charge in [0.25, 0.3) is 0 Å². The zero-order chi connectivity index (χ0) is 13.7. The monoisotopic (exact) mass is 299 g/mol. The molecule has 0 heterocycles. The zero-order valence-electron chi connectivity index (χ0n) is 11.6. The predicted molar refractivity (Wildman–Crippen MR) is 84.2 cm³/mol. The number of hydrogen-bond donors (Lipinski definition) is 1. The lowest BCUT2D eigenvalue weighted by Gasteiger charge is -2.24. The Bertz CT molecular complexity index is 400. The molecule has 1 atom stereocenters. The molecule has 1 aromatic rings. The molecule has 3 heteroatoms. The average Bonchev–Trinajstić information content (AvgIpc) is 2.92. The van der Waals surface area contributed by atoms with Crippen LogP contribution in [0.5, 0.6) is 0 Å². The highest BCUT2D eigenvalue weighted by Gasteiger charge is 2.23. The van der Waals surface area contributed by atoms with Gasteiger partial charge in [-0.3, -0.25) is 0 Å². The molecule has 1 nitrogen and oxygen atoms in total. The standard InChI is InChI=1S/C16H23Cl2N/c1-2-19-16(13-5-3-4-6-13)10-8-12-7-9-14(17)15(18)11-12/h7,9,11,13,16,19H,2-6,8,10H2,1H3. The quantitative estimate of drug-likeness (QED) is 0.771. The Labute approximate surface area is 126 Å². The Balaban J connectivity index is 1.91. The number of rotatable bonds is 6. The summed E-state index contributed by atoms with van der Waals surface area (Å²) >= 11 is 12.0. The molecule has 0 radical (unpaired) electrons. The van der Waals surface area contributed by atoms with Gasteiger partial charge in [-0.05, 0) is 55.8 Å². The van der Waals surface area contributed by atoms with Crippen molar-refractivity contribution in [1.29, 1.82) is 0 Å². The van der Waals surface area contributed by atoms with E-state index in [1.807, 2.05) is 12.1 Å². The fraction of sp³-hybridized carbons (Fsp3) is 0.625. The Kier molecular flexibility index (Phi) is 6.00. The maximum absolute atomic E-state index is 6.07. The summed E-state index contributed by atoms with van der Waals surface area (Å²) in [5.74, 6) is 0.864. The summed E-state index contributed by atoms with van der Waals surface area (Å²) < 4.78 is 0. The van der Waals surface area contributed by atoms with Crippen molar-refractivity contribution in [3.63, 3.8) is 0 Å². The largest absolute Gasteiger partial charge is 0.314 e. The molecule has 1 saturated carbocycles. The molecular weight excluding hydrogens is 277 g/mol. The lowest BCUT2D eigenvalue weighted by molar-refractivity contribution is 0.346. The van der Waals surface area contributed by atoms with Gasteiger partial charge >= 0.3 is 0 Å². The van der Waals surface area contributed by atoms with E-state index in [1.54, 1.807) is 0 Å². The third-order valence-electron chi connectivity index (χ3n) is 4.16. The predicted octanol–water partition coefficient (Wildman–Crippen LogP) is 5.09. The van der Waals surface area contributed by atoms with Gasteiger partial charge in [-0.1, -0.05) is 49.0 Å². The molecule has 19 heavy (non-hydrogen) atoms. The van der Waals surface area contributed by atoms with Crippen LogP contribution in [0.15, 0.2) is 18.2 Å². The van der Waals surface area contributed by atoms with Crippen LogP contribution in [0.1, 0.15) is 44.6 Å². The average molecular weight is 300 g/mol. The van der Waals surface area contributed by atoms with Gasteiger partial charge in [0.05, 0.1) is 10.0 Å². The van der Waals surface area contributed by atoms with Gasteiger partial charge in [-0.2, -0.15) is 0 Å². The Morgan fingerprint density at radius 1 is 1.21 bits per heavy atom. The Hall–Kier alpha value is -0.240. The normalized spacial score (nSPS) is 17.8. The Morgan fingerprint density at radius 2 is 1.95 bits per heavy atom. The fourth-order valence-corrected chi connectivity index (χ4v) is 3.46. The Morgan fingerprint density at radius 3 is 2.58 bits per heavy atom. The maximum atomic E-state index is 6.07. The molecular formula is C16H23Cl2N. The third kappa shape index (κ3) is 4.37. The summed E-state index contributed by atoms with van der Waals surface area (Å²) in [7, 11) is 0. The van der Waals surface area contributed by atoms with Crippen molar-refractivity contribution < 1.29 is 0 Å². The summed E-state index contributed by atoms with van der Waals surface area (Å²) in [4.78, 5) is 0. The molecule has 0 amide bonds. The second-order valence-electron chi connectivity index (χ2n) is 5.50. The first-order valence-electron chi connectivity index (χ1n) is 7.38. The van der Waals surface area contributed by atoms with Gasteiger partial charge in [0.1, 0.15) is 0 Å². The van der Waals surface area contributed by atoms with Gasteiger partial charge in [-0.25, -0.2) is 0 Å². The molecule has 1 unspecified atom stereocenters. The van der Waals surface area contributed by atoms with Crippen LogP contribution in [0.2, 0.25) is 10.0 Å². The SMILES string of the molecule is CCNC(CCc1ccc(Cl)c(Cl)c1)C1CCCC1. The molecule has 0 saturated heterocycles. The second kappa shape index (κ2) is 7.52. The van der Waals surface area contributed by atoms with Crippen molar-refractivity contribution in [1.82, 2.24) is 5.32 Å². The molecule has 0 spiro atoms. The highest BCUT2D eigenvalue weighted by molar-refractivity contribution is 6.42. The zero-order valence-corrected chi connectivity index (χ0v) is 13.1. The number of hydrogen-bond acceptors (Lipinski definition) is 1. The van der Waals surface area contributed by atoms with E-state index in [0.717, 1.165) is 18.9 Å². The summed E-state index contributed by atoms with van der Waals surface area (Å²) in [5.41, 5.74) is 1.29. The molecule has 2 rings (SSSR count). The van der Waals surface area contributed by atoms with Gasteiger partial charge in [0.2, 0.25) is 0 Å². The molecule has 0 aromatic heterocycles. The van der Waals surface area contributed by atoms with Gasteiger partial charge in [0, 0.05) is 6.04 Å². The van der Waals surface area contributed by atoms with E-state index >= 15 is 0 Å². The molecule has 1 aliphatic rings. The van der Waals surface area contributed by atoms with Crippen molar-refractivity contribution in [2.45, 2.75) is 51.5 Å². The lowest BCUT2D eigenvalue weighted by atomic mass is 9.92. The van der Waals surface area contributed by atoms with E-state index in [-0.39, 0.29) is 0 Å². The molecule has 1 aromatic carbocycles. The summed E-state index contributed by atoms with van der Waals surface area (Å²) in [6.07, 6.45) is 7.85. The molecule has 0 bridgehead atoms. The number of halogens is 2. The minimum absolute atomic E-state index is 0.643. The van der Waals surface area contributed by atoms with Crippen LogP contribution >= 0.6 is 23.2 Å². The first-order chi connectivity index (χ1) is 9.20. The van der Waals surface area contributed by atoms with Crippen molar-refractivity contribution >= 4 is 23.2 Å². The van der Waals surface area contributed by atoms with Crippen molar-refractivity contribution in [2.24, 2.45) is 5.92 Å². The molecule has 1 aliphatic carbocycles. The van der Waals surface area contributed by atoms with Gasteiger partial charge in [-0.15, -0.1) is 0 Å². The summed E-state index contributed by atoms with van der Waals surface area (Å²) in [5, 5.41) is 4.97. The van der Waals surface area contributed by atoms with Crippen LogP contribution in [-0.2, 0) is 6.42 Å². The summed E-state index contributed by atoms with van der Waals surface area (Å²) in [6, 6.07) is 6.65. The van der Waals surface area contributed by atoms with E-state index in [4.69, 9.17) is 23.2 Å². The van der Waals surface area contributed by atoms with Crippen LogP contribution < -0.4 is 5.32 Å². The van der Waals surface area contributed by atoms with E-state index in [1.165, 1.54) is 37.7 Å². The van der Waals surface area contributed by atoms with Gasteiger partial charge in [0.15, 0.2) is 0 Å². The lowest BCUT2D eigenvalue weighted by Crippen LogP contribution is -2.35. The number of nitrogens with one attached hydrogen (secondary N) is 1. The van der Waals surface area contributed by atoms with Crippen LogP contribution in [0, 0.1) is 5.92 Å². The highest BCUT2D eigenvalue weighted by atomic mass is 35.5. The van der Waals surface area contributed by atoms with Crippen molar-refractivity contribution in [3.8, 4) is 0 Å². The van der Waals surface area contributed by atoms with E-state index < -0.39 is 0 Å². The molecule has 1 N–H and O–H groups in total. The first kappa shape index (κ1) is 15.2. The topological polar surface area (TPSA) is 12.0 Å². The molecule has 106 valence electrons. The maximum Gasteiger partial charge on any atom is 0.0595 e. The van der Waals surface area contributed by atoms with Crippen LogP contribution in [0.3, 0.4) is 0 Å². The second-order valence-corrected chi connectivity index (χ2v) is 6.31. The highest BCUT2D eigenvalue weighted by Crippen LogP contribution is 2.30.